The van der Waals surface area contributed by atoms with E-state index in [4.69, 9.17) is 4.74 Å². The molecular formula is C19H22N4O2. The van der Waals surface area contributed by atoms with Gasteiger partial charge in [0.05, 0.1) is 13.2 Å². The quantitative estimate of drug-likeness (QED) is 0.836. The zero-order valence-corrected chi connectivity index (χ0v) is 14.2. The van der Waals surface area contributed by atoms with Crippen molar-refractivity contribution in [3.05, 3.63) is 54.4 Å². The third-order valence-corrected chi connectivity index (χ3v) is 5.02. The summed E-state index contributed by atoms with van der Waals surface area (Å²) in [5.74, 6) is 0.837. The van der Waals surface area contributed by atoms with Crippen LogP contribution in [0.15, 0.2) is 48.8 Å². The second-order valence-corrected chi connectivity index (χ2v) is 6.87. The van der Waals surface area contributed by atoms with E-state index in [0.29, 0.717) is 26.3 Å². The number of anilines is 1. The molecule has 0 aliphatic carbocycles. The summed E-state index contributed by atoms with van der Waals surface area (Å²) in [6.07, 6.45) is 4.51. The van der Waals surface area contributed by atoms with Crippen molar-refractivity contribution in [3.8, 4) is 0 Å². The molecule has 1 aromatic carbocycles. The molecule has 0 radical (unpaired) electrons. The molecule has 2 saturated heterocycles. The molecule has 2 aliphatic heterocycles. The predicted octanol–water partition coefficient (Wildman–Crippen LogP) is 1.85. The number of benzene rings is 1. The van der Waals surface area contributed by atoms with Crippen molar-refractivity contribution in [2.75, 3.05) is 44.3 Å². The minimum atomic E-state index is -0.0554. The Morgan fingerprint density at radius 1 is 1.04 bits per heavy atom. The van der Waals surface area contributed by atoms with Gasteiger partial charge in [-0.25, -0.2) is 9.97 Å². The molecule has 1 atom stereocenters. The maximum Gasteiger partial charge on any atom is 0.253 e. The summed E-state index contributed by atoms with van der Waals surface area (Å²) >= 11 is 0. The van der Waals surface area contributed by atoms with Gasteiger partial charge in [0.2, 0.25) is 5.95 Å². The Hall–Kier alpha value is -2.47. The molecule has 2 aliphatic rings. The molecule has 6 nitrogen and oxygen atoms in total. The Kier molecular flexibility index (Phi) is 4.36. The highest BCUT2D eigenvalue weighted by Crippen LogP contribution is 2.35. The largest absolute Gasteiger partial charge is 0.379 e. The monoisotopic (exact) mass is 338 g/mol. The van der Waals surface area contributed by atoms with E-state index in [-0.39, 0.29) is 11.3 Å². The van der Waals surface area contributed by atoms with E-state index < -0.39 is 0 Å². The number of amides is 1. The van der Waals surface area contributed by atoms with Crippen molar-refractivity contribution in [3.63, 3.8) is 0 Å². The number of aromatic nitrogens is 2. The van der Waals surface area contributed by atoms with Crippen molar-refractivity contribution < 1.29 is 9.53 Å². The molecule has 4 rings (SSSR count). The standard InChI is InChI=1S/C19H22N4O2/c24-17(16-5-2-1-3-6-16)22-11-12-25-15-19(13-22)7-10-23(14-19)18-20-8-4-9-21-18/h1-6,8-9H,7,10-15H2. The fourth-order valence-electron chi connectivity index (χ4n) is 3.74. The lowest BCUT2D eigenvalue weighted by Gasteiger charge is -2.31. The first-order chi connectivity index (χ1) is 12.3. The molecule has 1 spiro atoms. The molecule has 130 valence electrons. The lowest BCUT2D eigenvalue weighted by Crippen LogP contribution is -2.43. The fraction of sp³-hybridized carbons (Fsp3) is 0.421. The van der Waals surface area contributed by atoms with Gasteiger partial charge in [-0.3, -0.25) is 4.79 Å². The first-order valence-corrected chi connectivity index (χ1v) is 8.70. The normalized spacial score (nSPS) is 23.7. The molecular weight excluding hydrogens is 316 g/mol. The van der Waals surface area contributed by atoms with Crippen LogP contribution in [-0.2, 0) is 4.74 Å². The van der Waals surface area contributed by atoms with Crippen molar-refractivity contribution in [2.24, 2.45) is 5.41 Å². The lowest BCUT2D eigenvalue weighted by atomic mass is 9.87. The summed E-state index contributed by atoms with van der Waals surface area (Å²) in [5.41, 5.74) is 0.681. The molecule has 25 heavy (non-hydrogen) atoms. The maximum absolute atomic E-state index is 12.9. The summed E-state index contributed by atoms with van der Waals surface area (Å²) in [7, 11) is 0. The van der Waals surface area contributed by atoms with Gasteiger partial charge in [-0.15, -0.1) is 0 Å². The van der Waals surface area contributed by atoms with Gasteiger partial charge in [-0.05, 0) is 24.6 Å². The highest BCUT2D eigenvalue weighted by Gasteiger charge is 2.43. The van der Waals surface area contributed by atoms with Crippen LogP contribution in [0.1, 0.15) is 16.8 Å². The van der Waals surface area contributed by atoms with E-state index in [0.717, 1.165) is 31.0 Å². The summed E-state index contributed by atoms with van der Waals surface area (Å²) in [4.78, 5) is 25.7. The molecule has 3 heterocycles. The van der Waals surface area contributed by atoms with Gasteiger partial charge in [-0.2, -0.15) is 0 Å². The molecule has 6 heteroatoms. The van der Waals surface area contributed by atoms with Crippen LogP contribution < -0.4 is 4.90 Å². The highest BCUT2D eigenvalue weighted by molar-refractivity contribution is 5.94. The summed E-state index contributed by atoms with van der Waals surface area (Å²) in [6, 6.07) is 11.3. The number of carbonyl (C=O) groups excluding carboxylic acids is 1. The van der Waals surface area contributed by atoms with Gasteiger partial charge in [0, 0.05) is 49.6 Å². The molecule has 1 unspecified atom stereocenters. The zero-order valence-electron chi connectivity index (χ0n) is 14.2. The van der Waals surface area contributed by atoms with Crippen molar-refractivity contribution in [1.82, 2.24) is 14.9 Å². The van der Waals surface area contributed by atoms with Crippen molar-refractivity contribution in [1.29, 1.82) is 0 Å². The lowest BCUT2D eigenvalue weighted by molar-refractivity contribution is 0.0691. The maximum atomic E-state index is 12.9. The summed E-state index contributed by atoms with van der Waals surface area (Å²) in [6.45, 7) is 4.31. The van der Waals surface area contributed by atoms with Gasteiger partial charge >= 0.3 is 0 Å². The summed E-state index contributed by atoms with van der Waals surface area (Å²) in [5, 5.41) is 0. The minimum Gasteiger partial charge on any atom is -0.379 e. The van der Waals surface area contributed by atoms with Gasteiger partial charge < -0.3 is 14.5 Å². The van der Waals surface area contributed by atoms with E-state index in [9.17, 15) is 4.79 Å². The Bertz CT molecular complexity index is 725. The van der Waals surface area contributed by atoms with Gasteiger partial charge in [0.25, 0.3) is 5.91 Å². The van der Waals surface area contributed by atoms with Crippen LogP contribution in [0.5, 0.6) is 0 Å². The Balaban J connectivity index is 1.51. The van der Waals surface area contributed by atoms with Crippen molar-refractivity contribution >= 4 is 11.9 Å². The number of hydrogen-bond acceptors (Lipinski definition) is 5. The van der Waals surface area contributed by atoms with E-state index >= 15 is 0 Å². The molecule has 1 aromatic heterocycles. The number of hydrogen-bond donors (Lipinski definition) is 0. The van der Waals surface area contributed by atoms with E-state index in [1.54, 1.807) is 12.4 Å². The Morgan fingerprint density at radius 2 is 1.84 bits per heavy atom. The Labute approximate surface area is 147 Å². The number of ether oxygens (including phenoxy) is 1. The van der Waals surface area contributed by atoms with Crippen LogP contribution in [0.3, 0.4) is 0 Å². The van der Waals surface area contributed by atoms with Gasteiger partial charge in [0.15, 0.2) is 0 Å². The number of nitrogens with zero attached hydrogens (tertiary/aromatic N) is 4. The minimum absolute atomic E-state index is 0.0554. The van der Waals surface area contributed by atoms with Crippen molar-refractivity contribution in [2.45, 2.75) is 6.42 Å². The molecule has 0 bridgehead atoms. The second-order valence-electron chi connectivity index (χ2n) is 6.87. The SMILES string of the molecule is O=C(c1ccccc1)N1CCOCC2(CCN(c3ncccn3)C2)C1. The van der Waals surface area contributed by atoms with E-state index in [2.05, 4.69) is 14.9 Å². The smallest absolute Gasteiger partial charge is 0.253 e. The van der Waals surface area contributed by atoms with Crippen LogP contribution >= 0.6 is 0 Å². The number of carbonyl (C=O) groups is 1. The van der Waals surface area contributed by atoms with Crippen LogP contribution in [-0.4, -0.2) is 60.2 Å². The molecule has 0 saturated carbocycles. The van der Waals surface area contributed by atoms with Gasteiger partial charge in [0.1, 0.15) is 0 Å². The fourth-order valence-corrected chi connectivity index (χ4v) is 3.74. The predicted molar refractivity (Wildman–Crippen MR) is 94.5 cm³/mol. The average Bonchev–Trinajstić information content (AvgIpc) is 2.97. The third kappa shape index (κ3) is 3.35. The van der Waals surface area contributed by atoms with Crippen LogP contribution in [0, 0.1) is 5.41 Å². The molecule has 2 aromatic rings. The number of rotatable bonds is 2. The average molecular weight is 338 g/mol. The van der Waals surface area contributed by atoms with Crippen LogP contribution in [0.4, 0.5) is 5.95 Å². The third-order valence-electron chi connectivity index (χ3n) is 5.02. The van der Waals surface area contributed by atoms with E-state index in [1.807, 2.05) is 41.3 Å². The first-order valence-electron chi connectivity index (χ1n) is 8.70. The van der Waals surface area contributed by atoms with Gasteiger partial charge in [-0.1, -0.05) is 18.2 Å². The first kappa shape index (κ1) is 16.0. The topological polar surface area (TPSA) is 58.6 Å². The molecule has 2 fully saturated rings. The zero-order chi connectivity index (χ0) is 17.1. The van der Waals surface area contributed by atoms with Crippen LogP contribution in [0.25, 0.3) is 0 Å². The highest BCUT2D eigenvalue weighted by atomic mass is 16.5. The molecule has 0 N–H and O–H groups in total. The van der Waals surface area contributed by atoms with Crippen LogP contribution in [0.2, 0.25) is 0 Å². The molecule has 1 amide bonds. The second kappa shape index (κ2) is 6.80. The van der Waals surface area contributed by atoms with E-state index in [1.165, 1.54) is 0 Å². The summed E-state index contributed by atoms with van der Waals surface area (Å²) < 4.78 is 5.87. The Morgan fingerprint density at radius 3 is 2.64 bits per heavy atom.